The summed E-state index contributed by atoms with van der Waals surface area (Å²) in [4.78, 5) is 29.1. The van der Waals surface area contributed by atoms with E-state index in [0.717, 1.165) is 17.0 Å². The van der Waals surface area contributed by atoms with Crippen molar-refractivity contribution in [3.8, 4) is 28.6 Å². The highest BCUT2D eigenvalue weighted by atomic mass is 16.5. The Morgan fingerprint density at radius 1 is 0.882 bits per heavy atom. The number of aromatic amines is 1. The molecule has 3 aromatic carbocycles. The number of nitrogens with one attached hydrogen (secondary N) is 2. The molecule has 0 saturated carbocycles. The number of ether oxygens (including phenoxy) is 2. The Kier molecular flexibility index (Phi) is 5.49. The van der Waals surface area contributed by atoms with E-state index in [1.807, 2.05) is 54.6 Å². The molecule has 0 bridgehead atoms. The van der Waals surface area contributed by atoms with E-state index in [2.05, 4.69) is 25.3 Å². The van der Waals surface area contributed by atoms with Gasteiger partial charge in [-0.1, -0.05) is 30.3 Å². The maximum atomic E-state index is 12.7. The summed E-state index contributed by atoms with van der Waals surface area (Å²) in [5.41, 5.74) is 8.65. The largest absolute Gasteiger partial charge is 0.497 e. The van der Waals surface area contributed by atoms with Crippen LogP contribution in [0.15, 0.2) is 83.7 Å². The molecule has 0 atom stereocenters. The maximum absolute atomic E-state index is 12.7. The minimum atomic E-state index is -0.510. The second-order valence-corrected chi connectivity index (χ2v) is 7.36. The number of fused-ring (bicyclic) bond motifs is 1. The first-order valence-corrected chi connectivity index (χ1v) is 10.4. The topological polar surface area (TPSA) is 128 Å². The molecule has 0 saturated heterocycles. The van der Waals surface area contributed by atoms with Gasteiger partial charge in [0, 0.05) is 16.9 Å². The van der Waals surface area contributed by atoms with Crippen LogP contribution in [-0.4, -0.2) is 27.0 Å². The summed E-state index contributed by atoms with van der Waals surface area (Å²) in [6.45, 7) is 0. The van der Waals surface area contributed by atoms with Gasteiger partial charge in [-0.25, -0.2) is 9.97 Å². The molecular weight excluding hydrogens is 432 g/mol. The van der Waals surface area contributed by atoms with Gasteiger partial charge in [0.15, 0.2) is 5.65 Å². The molecule has 5 rings (SSSR count). The van der Waals surface area contributed by atoms with E-state index in [1.165, 1.54) is 0 Å². The zero-order valence-electron chi connectivity index (χ0n) is 18.1. The third kappa shape index (κ3) is 4.35. The fourth-order valence-electron chi connectivity index (χ4n) is 3.38. The second kappa shape index (κ2) is 8.91. The molecule has 0 fully saturated rings. The fourth-order valence-corrected chi connectivity index (χ4v) is 3.38. The number of H-pyrrole nitrogens is 1. The van der Waals surface area contributed by atoms with Crippen LogP contribution in [0.4, 0.5) is 17.3 Å². The van der Waals surface area contributed by atoms with E-state index in [4.69, 9.17) is 15.2 Å². The quantitative estimate of drug-likeness (QED) is 0.321. The van der Waals surface area contributed by atoms with Crippen molar-refractivity contribution in [2.45, 2.75) is 0 Å². The first-order chi connectivity index (χ1) is 16.6. The maximum Gasteiger partial charge on any atom is 0.312 e. The van der Waals surface area contributed by atoms with Crippen molar-refractivity contribution in [2.24, 2.45) is 0 Å². The highest BCUT2D eigenvalue weighted by Gasteiger charge is 2.16. The van der Waals surface area contributed by atoms with Gasteiger partial charge in [-0.05, 0) is 48.5 Å². The van der Waals surface area contributed by atoms with E-state index >= 15 is 0 Å². The molecule has 0 unspecified atom stereocenters. The van der Waals surface area contributed by atoms with Crippen molar-refractivity contribution in [2.75, 3.05) is 18.2 Å². The zero-order chi connectivity index (χ0) is 23.5. The van der Waals surface area contributed by atoms with Gasteiger partial charge in [0.05, 0.1) is 7.11 Å². The summed E-state index contributed by atoms with van der Waals surface area (Å²) in [5.74, 6) is 1.39. The number of nitrogen functional groups attached to an aromatic ring is 1. The van der Waals surface area contributed by atoms with Gasteiger partial charge in [-0.15, -0.1) is 0 Å². The molecule has 9 heteroatoms. The van der Waals surface area contributed by atoms with Crippen LogP contribution in [0.1, 0.15) is 0 Å². The van der Waals surface area contributed by atoms with E-state index < -0.39 is 5.56 Å². The number of hydrogen-bond acceptors (Lipinski definition) is 8. The summed E-state index contributed by atoms with van der Waals surface area (Å²) in [5, 5.41) is 3.16. The van der Waals surface area contributed by atoms with E-state index in [0.29, 0.717) is 22.6 Å². The van der Waals surface area contributed by atoms with Gasteiger partial charge in [0.2, 0.25) is 5.95 Å². The van der Waals surface area contributed by atoms with Gasteiger partial charge >= 0.3 is 5.56 Å². The average Bonchev–Trinajstić information content (AvgIpc) is 2.85. The van der Waals surface area contributed by atoms with Crippen LogP contribution in [-0.2, 0) is 0 Å². The molecule has 0 spiro atoms. The lowest BCUT2D eigenvalue weighted by molar-refractivity contribution is 0.415. The van der Waals surface area contributed by atoms with Crippen LogP contribution in [0.3, 0.4) is 0 Å². The van der Waals surface area contributed by atoms with Crippen molar-refractivity contribution in [3.05, 3.63) is 89.2 Å². The van der Waals surface area contributed by atoms with Crippen molar-refractivity contribution in [1.29, 1.82) is 0 Å². The minimum Gasteiger partial charge on any atom is -0.497 e. The van der Waals surface area contributed by atoms with Gasteiger partial charge in [0.25, 0.3) is 5.88 Å². The first kappa shape index (κ1) is 21.0. The number of anilines is 3. The number of nitrogens with two attached hydrogens (primary N) is 1. The molecule has 2 aromatic heterocycles. The number of aromatic nitrogens is 4. The molecule has 34 heavy (non-hydrogen) atoms. The molecule has 0 aliphatic carbocycles. The van der Waals surface area contributed by atoms with Crippen LogP contribution >= 0.6 is 0 Å². The molecule has 0 radical (unpaired) electrons. The summed E-state index contributed by atoms with van der Waals surface area (Å²) < 4.78 is 10.9. The third-order valence-corrected chi connectivity index (χ3v) is 4.99. The standard InChI is InChI=1S/C25H20N6O3/c1-33-18-12-10-17(11-13-18)27-25-29-20(15-6-5-7-16(26)14-15)21-22(31-25)30-23(32)24(28-21)34-19-8-3-2-4-9-19/h2-14H,26H2,1H3,(H2,27,29,30,31,32). The molecule has 5 aromatic rings. The molecule has 9 nitrogen and oxygen atoms in total. The van der Waals surface area contributed by atoms with Crippen LogP contribution in [0, 0.1) is 0 Å². The summed E-state index contributed by atoms with van der Waals surface area (Å²) in [6, 6.07) is 23.5. The number of para-hydroxylation sites is 1. The van der Waals surface area contributed by atoms with Gasteiger partial charge < -0.3 is 25.5 Å². The van der Waals surface area contributed by atoms with E-state index in [1.54, 1.807) is 31.4 Å². The lowest BCUT2D eigenvalue weighted by atomic mass is 10.1. The Morgan fingerprint density at radius 2 is 1.68 bits per heavy atom. The second-order valence-electron chi connectivity index (χ2n) is 7.36. The smallest absolute Gasteiger partial charge is 0.312 e. The zero-order valence-corrected chi connectivity index (χ0v) is 18.1. The van der Waals surface area contributed by atoms with Crippen LogP contribution < -0.4 is 26.1 Å². The number of rotatable bonds is 6. The first-order valence-electron chi connectivity index (χ1n) is 10.4. The Balaban J connectivity index is 1.63. The molecule has 0 amide bonds. The number of nitrogens with zero attached hydrogens (tertiary/aromatic N) is 3. The number of hydrogen-bond donors (Lipinski definition) is 3. The molecule has 0 aliphatic heterocycles. The van der Waals surface area contributed by atoms with Gasteiger partial charge in [-0.3, -0.25) is 4.79 Å². The normalized spacial score (nSPS) is 10.7. The SMILES string of the molecule is COc1ccc(Nc2nc(-c3cccc(N)c3)c3nc(Oc4ccccc4)c(=O)[nH]c3n2)cc1. The summed E-state index contributed by atoms with van der Waals surface area (Å²) in [6.07, 6.45) is 0. The van der Waals surface area contributed by atoms with Crippen LogP contribution in [0.2, 0.25) is 0 Å². The molecular formula is C25H20N6O3. The van der Waals surface area contributed by atoms with Crippen molar-refractivity contribution in [1.82, 2.24) is 19.9 Å². The Labute approximate surface area is 194 Å². The lowest BCUT2D eigenvalue weighted by Crippen LogP contribution is -2.13. The Hall–Kier alpha value is -4.92. The third-order valence-electron chi connectivity index (χ3n) is 4.99. The Bertz CT molecular complexity index is 1520. The van der Waals surface area contributed by atoms with E-state index in [9.17, 15) is 4.79 Å². The van der Waals surface area contributed by atoms with Crippen molar-refractivity contribution >= 4 is 28.5 Å². The van der Waals surface area contributed by atoms with Gasteiger partial charge in [-0.2, -0.15) is 4.98 Å². The lowest BCUT2D eigenvalue weighted by Gasteiger charge is -2.12. The summed E-state index contributed by atoms with van der Waals surface area (Å²) >= 11 is 0. The predicted octanol–water partition coefficient (Wildman–Crippen LogP) is 4.51. The number of methoxy groups -OCH3 is 1. The highest BCUT2D eigenvalue weighted by Crippen LogP contribution is 2.29. The molecule has 0 aliphatic rings. The molecule has 2 heterocycles. The highest BCUT2D eigenvalue weighted by molar-refractivity contribution is 5.89. The Morgan fingerprint density at radius 3 is 2.41 bits per heavy atom. The molecule has 4 N–H and O–H groups in total. The van der Waals surface area contributed by atoms with Crippen LogP contribution in [0.25, 0.3) is 22.4 Å². The minimum absolute atomic E-state index is 0.108. The fraction of sp³-hybridized carbons (Fsp3) is 0.0400. The number of benzene rings is 3. The summed E-state index contributed by atoms with van der Waals surface area (Å²) in [7, 11) is 1.60. The monoisotopic (exact) mass is 452 g/mol. The average molecular weight is 452 g/mol. The van der Waals surface area contributed by atoms with E-state index in [-0.39, 0.29) is 17.5 Å². The predicted molar refractivity (Wildman–Crippen MR) is 131 cm³/mol. The van der Waals surface area contributed by atoms with Crippen molar-refractivity contribution in [3.63, 3.8) is 0 Å². The van der Waals surface area contributed by atoms with Crippen molar-refractivity contribution < 1.29 is 9.47 Å². The molecule has 168 valence electrons. The van der Waals surface area contributed by atoms with Gasteiger partial charge in [0.1, 0.15) is 22.7 Å². The van der Waals surface area contributed by atoms with Crippen LogP contribution in [0.5, 0.6) is 17.4 Å².